The van der Waals surface area contributed by atoms with Crippen LogP contribution in [0.4, 0.5) is 0 Å². The second kappa shape index (κ2) is 29.6. The average Bonchev–Trinajstić information content (AvgIpc) is 3.59. The van der Waals surface area contributed by atoms with E-state index in [1.54, 1.807) is 0 Å². The molecule has 3 atom stereocenters. The van der Waals surface area contributed by atoms with Crippen LogP contribution < -0.4 is 0 Å². The summed E-state index contributed by atoms with van der Waals surface area (Å²) in [7, 11) is 4.38. The van der Waals surface area contributed by atoms with Gasteiger partial charge < -0.3 is 14.4 Å². The molecule has 1 saturated heterocycles. The molecule has 2 rings (SSSR count). The standard InChI is InChI=1S/C45H81NO2/c1-5-7-9-11-13-15-17-19-21-23-25-27-29-31-33-35-37-45(47-43-39-42(41-46(3)4)40-44(43)48-45)38-36-34-32-30-28-26-24-22-20-18-16-14-12-10-8-6-2/h13-16,19-22,42-44H,5-12,17-18,23-41H2,1-4H3/b15-13-,16-14-,21-19-,22-20-/t42?,43-,44+. The fourth-order valence-electron chi connectivity index (χ4n) is 7.68. The van der Waals surface area contributed by atoms with Crippen molar-refractivity contribution in [1.82, 2.24) is 4.90 Å². The second-order valence-corrected chi connectivity index (χ2v) is 15.5. The number of hydrogen-bond acceptors (Lipinski definition) is 3. The zero-order valence-electron chi connectivity index (χ0n) is 32.6. The summed E-state index contributed by atoms with van der Waals surface area (Å²) in [6, 6.07) is 0. The summed E-state index contributed by atoms with van der Waals surface area (Å²) in [5.41, 5.74) is 0. The van der Waals surface area contributed by atoms with Gasteiger partial charge in [-0.1, -0.05) is 140 Å². The van der Waals surface area contributed by atoms with E-state index in [1.807, 2.05) is 0 Å². The average molecular weight is 668 g/mol. The Morgan fingerprint density at radius 3 is 1.21 bits per heavy atom. The van der Waals surface area contributed by atoms with Crippen LogP contribution in [0.5, 0.6) is 0 Å². The number of nitrogens with zero attached hydrogens (tertiary/aromatic N) is 1. The van der Waals surface area contributed by atoms with E-state index in [9.17, 15) is 0 Å². The third-order valence-electron chi connectivity index (χ3n) is 10.4. The maximum atomic E-state index is 6.87. The second-order valence-electron chi connectivity index (χ2n) is 15.5. The first kappa shape index (κ1) is 43.0. The summed E-state index contributed by atoms with van der Waals surface area (Å²) in [5, 5.41) is 0. The molecule has 48 heavy (non-hydrogen) atoms. The number of unbranched alkanes of at least 4 members (excludes halogenated alkanes) is 18. The number of hydrogen-bond donors (Lipinski definition) is 0. The molecule has 0 aromatic rings. The molecule has 2 aliphatic rings. The molecule has 1 saturated carbocycles. The Morgan fingerprint density at radius 1 is 0.479 bits per heavy atom. The van der Waals surface area contributed by atoms with Crippen LogP contribution in [-0.4, -0.2) is 43.5 Å². The van der Waals surface area contributed by atoms with Gasteiger partial charge in [-0.25, -0.2) is 0 Å². The molecule has 0 bridgehead atoms. The molecule has 0 spiro atoms. The first-order chi connectivity index (χ1) is 23.6. The van der Waals surface area contributed by atoms with E-state index in [4.69, 9.17) is 9.47 Å². The van der Waals surface area contributed by atoms with Gasteiger partial charge in [-0.15, -0.1) is 0 Å². The molecule has 1 unspecified atom stereocenters. The highest BCUT2D eigenvalue weighted by Gasteiger charge is 2.50. The van der Waals surface area contributed by atoms with E-state index in [1.165, 1.54) is 154 Å². The minimum Gasteiger partial charge on any atom is -0.344 e. The number of allylic oxidation sites excluding steroid dienone is 8. The van der Waals surface area contributed by atoms with Crippen molar-refractivity contribution in [2.45, 2.75) is 212 Å². The van der Waals surface area contributed by atoms with Crippen LogP contribution >= 0.6 is 0 Å². The topological polar surface area (TPSA) is 21.7 Å². The third-order valence-corrected chi connectivity index (χ3v) is 10.4. The van der Waals surface area contributed by atoms with Crippen molar-refractivity contribution >= 4 is 0 Å². The van der Waals surface area contributed by atoms with Crippen molar-refractivity contribution in [2.24, 2.45) is 5.92 Å². The summed E-state index contributed by atoms with van der Waals surface area (Å²) in [5.74, 6) is 0.417. The highest BCUT2D eigenvalue weighted by molar-refractivity contribution is 4.95. The summed E-state index contributed by atoms with van der Waals surface area (Å²) < 4.78 is 13.7. The molecular formula is C45H81NO2. The summed E-state index contributed by atoms with van der Waals surface area (Å²) in [4.78, 5) is 2.33. The van der Waals surface area contributed by atoms with Gasteiger partial charge in [0, 0.05) is 19.4 Å². The Balaban J connectivity index is 1.57. The van der Waals surface area contributed by atoms with Gasteiger partial charge >= 0.3 is 0 Å². The zero-order chi connectivity index (χ0) is 34.4. The first-order valence-corrected chi connectivity index (χ1v) is 21.2. The van der Waals surface area contributed by atoms with E-state index >= 15 is 0 Å². The Morgan fingerprint density at radius 2 is 0.833 bits per heavy atom. The molecule has 3 nitrogen and oxygen atoms in total. The van der Waals surface area contributed by atoms with Crippen LogP contribution in [0.2, 0.25) is 0 Å². The number of fused-ring (bicyclic) bond motifs is 1. The normalized spacial score (nSPS) is 21.0. The van der Waals surface area contributed by atoms with Gasteiger partial charge in [0.15, 0.2) is 5.79 Å². The largest absolute Gasteiger partial charge is 0.344 e. The lowest BCUT2D eigenvalue weighted by Gasteiger charge is -2.30. The maximum absolute atomic E-state index is 6.87. The van der Waals surface area contributed by atoms with Gasteiger partial charge in [0.05, 0.1) is 12.2 Å². The molecular weight excluding hydrogens is 587 g/mol. The molecule has 1 aliphatic heterocycles. The van der Waals surface area contributed by atoms with Gasteiger partial charge in [0.1, 0.15) is 0 Å². The molecule has 0 aromatic carbocycles. The lowest BCUT2D eigenvalue weighted by Crippen LogP contribution is -2.33. The Labute approximate surface area is 300 Å². The minimum absolute atomic E-state index is 0.303. The molecule has 0 amide bonds. The molecule has 1 aliphatic carbocycles. The van der Waals surface area contributed by atoms with Gasteiger partial charge in [-0.2, -0.15) is 0 Å². The quantitative estimate of drug-likeness (QED) is 0.0526. The number of ether oxygens (including phenoxy) is 2. The predicted molar refractivity (Wildman–Crippen MR) is 212 cm³/mol. The van der Waals surface area contributed by atoms with Gasteiger partial charge in [-0.3, -0.25) is 0 Å². The fraction of sp³-hybridized carbons (Fsp3) is 0.822. The van der Waals surface area contributed by atoms with E-state index in [-0.39, 0.29) is 5.79 Å². The minimum atomic E-state index is -0.303. The van der Waals surface area contributed by atoms with E-state index in [0.29, 0.717) is 12.2 Å². The maximum Gasteiger partial charge on any atom is 0.169 e. The van der Waals surface area contributed by atoms with Crippen molar-refractivity contribution in [1.29, 1.82) is 0 Å². The lowest BCUT2D eigenvalue weighted by atomic mass is 9.98. The smallest absolute Gasteiger partial charge is 0.169 e. The van der Waals surface area contributed by atoms with Crippen LogP contribution in [0.25, 0.3) is 0 Å². The van der Waals surface area contributed by atoms with Crippen molar-refractivity contribution in [2.75, 3.05) is 20.6 Å². The summed E-state index contributed by atoms with van der Waals surface area (Å²) >= 11 is 0. The molecule has 2 fully saturated rings. The van der Waals surface area contributed by atoms with Crippen molar-refractivity contribution < 1.29 is 9.47 Å². The SMILES string of the molecule is CCCCC/C=C\C/C=C\CCCCCCCCC1(CCCCCCCC/C=C\C/C=C\CCCCC)O[C@H]2CC(CN(C)C)C[C@H]2O1. The Bertz CT molecular complexity index is 778. The van der Waals surface area contributed by atoms with E-state index in [2.05, 4.69) is 81.5 Å². The molecule has 3 heteroatoms. The Kier molecular flexibility index (Phi) is 26.5. The van der Waals surface area contributed by atoms with Crippen LogP contribution in [0.15, 0.2) is 48.6 Å². The van der Waals surface area contributed by atoms with Gasteiger partial charge in [0.2, 0.25) is 0 Å². The zero-order valence-corrected chi connectivity index (χ0v) is 32.6. The highest BCUT2D eigenvalue weighted by Crippen LogP contribution is 2.45. The van der Waals surface area contributed by atoms with Gasteiger partial charge in [0.25, 0.3) is 0 Å². The van der Waals surface area contributed by atoms with E-state index in [0.717, 1.165) is 38.1 Å². The van der Waals surface area contributed by atoms with Gasteiger partial charge in [-0.05, 0) is 110 Å². The predicted octanol–water partition coefficient (Wildman–Crippen LogP) is 13.8. The highest BCUT2D eigenvalue weighted by atomic mass is 16.8. The molecule has 1 heterocycles. The molecule has 278 valence electrons. The fourth-order valence-corrected chi connectivity index (χ4v) is 7.68. The summed E-state index contributed by atoms with van der Waals surface area (Å²) in [6.45, 7) is 5.70. The van der Waals surface area contributed by atoms with E-state index < -0.39 is 0 Å². The number of rotatable bonds is 32. The third kappa shape index (κ3) is 21.8. The van der Waals surface area contributed by atoms with Crippen LogP contribution in [0.1, 0.15) is 194 Å². The van der Waals surface area contributed by atoms with Crippen LogP contribution in [-0.2, 0) is 9.47 Å². The monoisotopic (exact) mass is 668 g/mol. The first-order valence-electron chi connectivity index (χ1n) is 21.2. The van der Waals surface area contributed by atoms with Crippen LogP contribution in [0.3, 0.4) is 0 Å². The van der Waals surface area contributed by atoms with Crippen molar-refractivity contribution in [3.05, 3.63) is 48.6 Å². The van der Waals surface area contributed by atoms with Crippen LogP contribution in [0, 0.1) is 5.92 Å². The molecule has 0 N–H and O–H groups in total. The molecule has 0 aromatic heterocycles. The summed E-state index contributed by atoms with van der Waals surface area (Å²) in [6.07, 6.45) is 55.2. The van der Waals surface area contributed by atoms with Crippen molar-refractivity contribution in [3.8, 4) is 0 Å². The molecule has 0 radical (unpaired) electrons. The Hall–Kier alpha value is -1.16. The van der Waals surface area contributed by atoms with Crippen molar-refractivity contribution in [3.63, 3.8) is 0 Å². The lowest BCUT2D eigenvalue weighted by molar-refractivity contribution is -0.193.